The molecule has 1 aliphatic carbocycles. The van der Waals surface area contributed by atoms with Crippen LogP contribution in [0.25, 0.3) is 0 Å². The van der Waals surface area contributed by atoms with E-state index in [4.69, 9.17) is 0 Å². The Balaban J connectivity index is 1.93. The minimum Gasteiger partial charge on any atom is -0.337 e. The van der Waals surface area contributed by atoms with Gasteiger partial charge in [-0.15, -0.1) is 0 Å². The number of hydrogen-bond acceptors (Lipinski definition) is 3. The fourth-order valence-corrected chi connectivity index (χ4v) is 4.78. The molecule has 2 aromatic rings. The van der Waals surface area contributed by atoms with Crippen molar-refractivity contribution in [3.05, 3.63) is 51.6 Å². The molecule has 1 saturated carbocycles. The number of pyridine rings is 1. The Morgan fingerprint density at radius 1 is 1.27 bits per heavy atom. The molecule has 3 rings (SSSR count). The van der Waals surface area contributed by atoms with Gasteiger partial charge in [0.15, 0.2) is 0 Å². The standard InChI is InChI=1S/C21H26F3N3O2S/c1-4-14-5-6-17(16(24)10-14)25-19-18(9-13(2)20(28)27(19)3)26-30(29)21(7-8-21)11-15(23)12-22/h5-6,9-10,15,25-26H,4,7-8,11-12H2,1-3H3. The van der Waals surface area contributed by atoms with Crippen molar-refractivity contribution in [2.75, 3.05) is 16.7 Å². The summed E-state index contributed by atoms with van der Waals surface area (Å²) in [6, 6.07) is 6.30. The first kappa shape index (κ1) is 22.4. The number of nitrogens with one attached hydrogen (secondary N) is 2. The number of aryl methyl sites for hydroxylation is 2. The number of halogens is 3. The van der Waals surface area contributed by atoms with Gasteiger partial charge in [0, 0.05) is 19.0 Å². The normalized spacial score (nSPS) is 16.7. The Kier molecular flexibility index (Phi) is 6.59. The summed E-state index contributed by atoms with van der Waals surface area (Å²) in [5.74, 6) is -0.239. The molecule has 5 nitrogen and oxygen atoms in total. The summed E-state index contributed by atoms with van der Waals surface area (Å²) < 4.78 is 57.0. The molecule has 1 aromatic heterocycles. The lowest BCUT2D eigenvalue weighted by atomic mass is 10.1. The summed E-state index contributed by atoms with van der Waals surface area (Å²) in [6.07, 6.45) is -0.0722. The smallest absolute Gasteiger partial charge is 0.254 e. The quantitative estimate of drug-likeness (QED) is 0.605. The molecular weight excluding hydrogens is 415 g/mol. The van der Waals surface area contributed by atoms with Crippen LogP contribution >= 0.6 is 0 Å². The van der Waals surface area contributed by atoms with Gasteiger partial charge in [0.1, 0.15) is 35.5 Å². The Morgan fingerprint density at radius 2 is 1.97 bits per heavy atom. The Hall–Kier alpha value is -2.29. The van der Waals surface area contributed by atoms with Crippen LogP contribution in [0.4, 0.5) is 30.4 Å². The molecule has 2 atom stereocenters. The maximum Gasteiger partial charge on any atom is 0.254 e. The lowest BCUT2D eigenvalue weighted by molar-refractivity contribution is 0.243. The van der Waals surface area contributed by atoms with Gasteiger partial charge in [0.05, 0.1) is 16.1 Å². The summed E-state index contributed by atoms with van der Waals surface area (Å²) >= 11 is 0. The van der Waals surface area contributed by atoms with Crippen LogP contribution in [-0.2, 0) is 24.5 Å². The molecule has 0 aliphatic heterocycles. The summed E-state index contributed by atoms with van der Waals surface area (Å²) in [5, 5.41) is 2.91. The lowest BCUT2D eigenvalue weighted by Crippen LogP contribution is -2.29. The van der Waals surface area contributed by atoms with Crippen molar-refractivity contribution in [3.8, 4) is 0 Å². The fourth-order valence-electron chi connectivity index (χ4n) is 3.40. The number of alkyl halides is 2. The first-order chi connectivity index (χ1) is 14.2. The molecule has 1 heterocycles. The van der Waals surface area contributed by atoms with E-state index in [0.717, 1.165) is 5.56 Å². The maximum atomic E-state index is 14.5. The molecule has 2 unspecified atom stereocenters. The second-order valence-electron chi connectivity index (χ2n) is 7.76. The average molecular weight is 442 g/mol. The van der Waals surface area contributed by atoms with E-state index in [9.17, 15) is 22.2 Å². The van der Waals surface area contributed by atoms with Crippen LogP contribution in [0.3, 0.4) is 0 Å². The summed E-state index contributed by atoms with van der Waals surface area (Å²) in [5.41, 5.74) is 1.44. The molecule has 0 spiro atoms. The third-order valence-corrected chi connectivity index (χ3v) is 7.22. The van der Waals surface area contributed by atoms with Crippen molar-refractivity contribution in [1.29, 1.82) is 0 Å². The highest BCUT2D eigenvalue weighted by Crippen LogP contribution is 2.46. The minimum atomic E-state index is -1.70. The van der Waals surface area contributed by atoms with Gasteiger partial charge in [-0.05, 0) is 49.9 Å². The second kappa shape index (κ2) is 8.83. The van der Waals surface area contributed by atoms with Crippen LogP contribution in [0.2, 0.25) is 0 Å². The highest BCUT2D eigenvalue weighted by molar-refractivity contribution is 7.88. The predicted molar refractivity (Wildman–Crippen MR) is 115 cm³/mol. The van der Waals surface area contributed by atoms with Gasteiger partial charge in [-0.2, -0.15) is 0 Å². The van der Waals surface area contributed by atoms with Crippen molar-refractivity contribution >= 4 is 28.2 Å². The Morgan fingerprint density at radius 3 is 2.53 bits per heavy atom. The molecule has 0 bridgehead atoms. The highest BCUT2D eigenvalue weighted by Gasteiger charge is 2.50. The number of rotatable bonds is 9. The third-order valence-electron chi connectivity index (χ3n) is 5.45. The van der Waals surface area contributed by atoms with Gasteiger partial charge in [-0.1, -0.05) is 13.0 Å². The second-order valence-corrected chi connectivity index (χ2v) is 9.36. The van der Waals surface area contributed by atoms with Gasteiger partial charge >= 0.3 is 0 Å². The van der Waals surface area contributed by atoms with E-state index in [1.165, 1.54) is 23.7 Å². The van der Waals surface area contributed by atoms with Crippen molar-refractivity contribution < 1.29 is 17.4 Å². The summed E-state index contributed by atoms with van der Waals surface area (Å²) in [4.78, 5) is 12.4. The zero-order valence-electron chi connectivity index (χ0n) is 17.2. The van der Waals surface area contributed by atoms with Crippen LogP contribution in [0.1, 0.15) is 37.3 Å². The van der Waals surface area contributed by atoms with Crippen molar-refractivity contribution in [2.45, 2.75) is 50.4 Å². The highest BCUT2D eigenvalue weighted by atomic mass is 32.2. The van der Waals surface area contributed by atoms with Crippen LogP contribution in [0, 0.1) is 12.7 Å². The van der Waals surface area contributed by atoms with E-state index in [0.29, 0.717) is 30.5 Å². The predicted octanol–water partition coefficient (Wildman–Crippen LogP) is 4.44. The molecule has 0 saturated heterocycles. The van der Waals surface area contributed by atoms with Gasteiger partial charge in [-0.25, -0.2) is 17.4 Å². The van der Waals surface area contributed by atoms with Gasteiger partial charge < -0.3 is 10.0 Å². The number of hydrogen-bond donors (Lipinski definition) is 2. The van der Waals surface area contributed by atoms with Crippen LogP contribution in [0.5, 0.6) is 0 Å². The average Bonchev–Trinajstić information content (AvgIpc) is 3.50. The first-order valence-electron chi connectivity index (χ1n) is 9.85. The van der Waals surface area contributed by atoms with Gasteiger partial charge in [-0.3, -0.25) is 9.36 Å². The van der Waals surface area contributed by atoms with E-state index >= 15 is 0 Å². The monoisotopic (exact) mass is 441 g/mol. The Labute approximate surface area is 176 Å². The molecule has 0 amide bonds. The zero-order chi connectivity index (χ0) is 22.1. The molecule has 9 heteroatoms. The van der Waals surface area contributed by atoms with Gasteiger partial charge in [0.2, 0.25) is 0 Å². The van der Waals surface area contributed by atoms with Crippen molar-refractivity contribution in [1.82, 2.24) is 4.57 Å². The topological polar surface area (TPSA) is 63.1 Å². The van der Waals surface area contributed by atoms with Crippen molar-refractivity contribution in [2.24, 2.45) is 7.05 Å². The van der Waals surface area contributed by atoms with Crippen molar-refractivity contribution in [3.63, 3.8) is 0 Å². The fraction of sp³-hybridized carbons (Fsp3) is 0.476. The number of benzene rings is 1. The first-order valence-corrected chi connectivity index (χ1v) is 11.0. The SMILES string of the molecule is CCc1ccc(Nc2c(NS(=O)C3(CC(F)CF)CC3)cc(C)c(=O)n2C)c(F)c1. The number of aromatic nitrogens is 1. The summed E-state index contributed by atoms with van der Waals surface area (Å²) in [6.45, 7) is 2.42. The lowest BCUT2D eigenvalue weighted by Gasteiger charge is -2.21. The zero-order valence-corrected chi connectivity index (χ0v) is 18.0. The molecule has 1 aromatic carbocycles. The summed E-state index contributed by atoms with van der Waals surface area (Å²) in [7, 11) is -0.175. The van der Waals surface area contributed by atoms with E-state index in [-0.39, 0.29) is 23.5 Å². The maximum absolute atomic E-state index is 14.5. The molecule has 1 fully saturated rings. The molecule has 0 radical (unpaired) electrons. The molecule has 30 heavy (non-hydrogen) atoms. The van der Waals surface area contributed by atoms with E-state index in [1.807, 2.05) is 6.92 Å². The molecule has 2 N–H and O–H groups in total. The van der Waals surface area contributed by atoms with E-state index < -0.39 is 34.4 Å². The van der Waals surface area contributed by atoms with E-state index in [2.05, 4.69) is 10.0 Å². The molecular formula is C21H26F3N3O2S. The minimum absolute atomic E-state index is 0.135. The largest absolute Gasteiger partial charge is 0.337 e. The van der Waals surface area contributed by atoms with Crippen LogP contribution in [0.15, 0.2) is 29.1 Å². The molecule has 164 valence electrons. The van der Waals surface area contributed by atoms with Gasteiger partial charge in [0.25, 0.3) is 5.56 Å². The van der Waals surface area contributed by atoms with Crippen LogP contribution < -0.4 is 15.6 Å². The van der Waals surface area contributed by atoms with E-state index in [1.54, 1.807) is 19.1 Å². The number of anilines is 3. The van der Waals surface area contributed by atoms with Crippen LogP contribution in [-0.4, -0.2) is 26.4 Å². The third kappa shape index (κ3) is 4.55. The Bertz CT molecular complexity index is 1020. The molecule has 1 aliphatic rings. The number of nitrogens with zero attached hydrogens (tertiary/aromatic N) is 1.